The molecule has 1 aliphatic rings. The lowest BCUT2D eigenvalue weighted by Crippen LogP contribution is -2.43. The van der Waals surface area contributed by atoms with Gasteiger partial charge in [-0.15, -0.1) is 11.3 Å². The number of thiophene rings is 1. The second kappa shape index (κ2) is 7.14. The summed E-state index contributed by atoms with van der Waals surface area (Å²) in [6, 6.07) is 2.93. The lowest BCUT2D eigenvalue weighted by molar-refractivity contribution is 0.328. The lowest BCUT2D eigenvalue weighted by Gasteiger charge is -2.26. The molecule has 1 aromatic rings. The highest BCUT2D eigenvalue weighted by Gasteiger charge is 2.29. The van der Waals surface area contributed by atoms with Crippen molar-refractivity contribution in [2.45, 2.75) is 35.9 Å². The number of nitrogens with zero attached hydrogens (tertiary/aromatic N) is 1. The van der Waals surface area contributed by atoms with E-state index in [4.69, 9.17) is 11.6 Å². The van der Waals surface area contributed by atoms with Gasteiger partial charge in [0.2, 0.25) is 20.0 Å². The Labute approximate surface area is 140 Å². The van der Waals surface area contributed by atoms with Crippen molar-refractivity contribution >= 4 is 43.0 Å². The van der Waals surface area contributed by atoms with Gasteiger partial charge >= 0.3 is 0 Å². The van der Waals surface area contributed by atoms with Gasteiger partial charge in [0.15, 0.2) is 0 Å². The third-order valence-electron chi connectivity index (χ3n) is 3.60. The van der Waals surface area contributed by atoms with Gasteiger partial charge in [0.25, 0.3) is 0 Å². The van der Waals surface area contributed by atoms with Gasteiger partial charge in [0, 0.05) is 19.1 Å². The van der Waals surface area contributed by atoms with Crippen LogP contribution < -0.4 is 4.72 Å². The highest BCUT2D eigenvalue weighted by Crippen LogP contribution is 2.26. The van der Waals surface area contributed by atoms with Crippen molar-refractivity contribution < 1.29 is 16.8 Å². The Bertz CT molecular complexity index is 708. The largest absolute Gasteiger partial charge is 0.250 e. The molecule has 1 heterocycles. The van der Waals surface area contributed by atoms with Crippen molar-refractivity contribution in [1.29, 1.82) is 0 Å². The molecule has 126 valence electrons. The number of hydrogen-bond donors (Lipinski definition) is 1. The van der Waals surface area contributed by atoms with E-state index in [-0.39, 0.29) is 23.3 Å². The van der Waals surface area contributed by atoms with E-state index in [2.05, 4.69) is 4.72 Å². The predicted molar refractivity (Wildman–Crippen MR) is 88.3 cm³/mol. The molecule has 10 heteroatoms. The quantitative estimate of drug-likeness (QED) is 0.775. The van der Waals surface area contributed by atoms with Gasteiger partial charge < -0.3 is 0 Å². The summed E-state index contributed by atoms with van der Waals surface area (Å²) >= 11 is 6.70. The Morgan fingerprint density at radius 2 is 1.91 bits per heavy atom. The molecule has 1 saturated carbocycles. The fraction of sp³-hybridized carbons (Fsp3) is 0.667. The highest BCUT2D eigenvalue weighted by atomic mass is 35.5. The molecular formula is C12H19ClN2O4S3. The van der Waals surface area contributed by atoms with Crippen molar-refractivity contribution in [3.63, 3.8) is 0 Å². The molecule has 0 aromatic carbocycles. The van der Waals surface area contributed by atoms with Gasteiger partial charge in [-0.1, -0.05) is 24.4 Å². The SMILES string of the molecule is CS(=O)(=O)N(CCNS(=O)(=O)c1ccc(Cl)s1)C1CCCC1. The molecule has 0 saturated heterocycles. The molecule has 1 N–H and O–H groups in total. The molecule has 1 aliphatic carbocycles. The van der Waals surface area contributed by atoms with E-state index in [1.165, 1.54) is 22.7 Å². The summed E-state index contributed by atoms with van der Waals surface area (Å²) in [5, 5.41) is 0. The van der Waals surface area contributed by atoms with Gasteiger partial charge in [-0.3, -0.25) is 0 Å². The molecule has 0 atom stereocenters. The van der Waals surface area contributed by atoms with E-state index in [1.54, 1.807) is 0 Å². The summed E-state index contributed by atoms with van der Waals surface area (Å²) in [5.74, 6) is 0. The summed E-state index contributed by atoms with van der Waals surface area (Å²) in [4.78, 5) is 0. The maximum absolute atomic E-state index is 12.1. The molecule has 2 rings (SSSR count). The van der Waals surface area contributed by atoms with Crippen LogP contribution in [0.1, 0.15) is 25.7 Å². The first kappa shape index (κ1) is 18.2. The van der Waals surface area contributed by atoms with Gasteiger partial charge in [-0.2, -0.15) is 4.31 Å². The number of sulfonamides is 2. The predicted octanol–water partition coefficient (Wildman–Crippen LogP) is 1.88. The molecule has 22 heavy (non-hydrogen) atoms. The van der Waals surface area contributed by atoms with Crippen molar-refractivity contribution in [2.24, 2.45) is 0 Å². The van der Waals surface area contributed by atoms with Crippen molar-refractivity contribution in [3.05, 3.63) is 16.5 Å². The lowest BCUT2D eigenvalue weighted by atomic mass is 10.2. The van der Waals surface area contributed by atoms with E-state index in [0.29, 0.717) is 4.34 Å². The molecule has 6 nitrogen and oxygen atoms in total. The number of hydrogen-bond acceptors (Lipinski definition) is 5. The van der Waals surface area contributed by atoms with Gasteiger partial charge in [-0.05, 0) is 25.0 Å². The van der Waals surface area contributed by atoms with Crippen LogP contribution in [0.5, 0.6) is 0 Å². The third kappa shape index (κ3) is 4.65. The van der Waals surface area contributed by atoms with E-state index in [9.17, 15) is 16.8 Å². The van der Waals surface area contributed by atoms with Gasteiger partial charge in [0.1, 0.15) is 4.21 Å². The van der Waals surface area contributed by atoms with Crippen molar-refractivity contribution in [2.75, 3.05) is 19.3 Å². The summed E-state index contributed by atoms with van der Waals surface area (Å²) in [7, 11) is -6.99. The zero-order valence-electron chi connectivity index (χ0n) is 12.2. The molecule has 0 radical (unpaired) electrons. The molecular weight excluding hydrogens is 368 g/mol. The number of nitrogens with one attached hydrogen (secondary N) is 1. The van der Waals surface area contributed by atoms with Crippen molar-refractivity contribution in [3.8, 4) is 0 Å². The molecule has 0 aliphatic heterocycles. The fourth-order valence-corrected chi connectivity index (χ4v) is 6.34. The summed E-state index contributed by atoms with van der Waals surface area (Å²) in [5.41, 5.74) is 0. The average molecular weight is 387 g/mol. The van der Waals surface area contributed by atoms with Crippen LogP contribution in [0.4, 0.5) is 0 Å². The minimum Gasteiger partial charge on any atom is -0.212 e. The zero-order valence-corrected chi connectivity index (χ0v) is 15.4. The normalized spacial score (nSPS) is 17.4. The maximum atomic E-state index is 12.1. The maximum Gasteiger partial charge on any atom is 0.250 e. The second-order valence-electron chi connectivity index (χ2n) is 5.27. The van der Waals surface area contributed by atoms with E-state index in [0.717, 1.165) is 37.0 Å². The van der Waals surface area contributed by atoms with Gasteiger partial charge in [0.05, 0.1) is 10.6 Å². The van der Waals surface area contributed by atoms with Crippen LogP contribution >= 0.6 is 22.9 Å². The monoisotopic (exact) mass is 386 g/mol. The average Bonchev–Trinajstić information content (AvgIpc) is 3.04. The zero-order chi connectivity index (χ0) is 16.4. The fourth-order valence-electron chi connectivity index (χ4n) is 2.61. The Hall–Kier alpha value is -0.190. The summed E-state index contributed by atoms with van der Waals surface area (Å²) in [6.07, 6.45) is 4.85. The van der Waals surface area contributed by atoms with E-state index < -0.39 is 20.0 Å². The van der Waals surface area contributed by atoms with E-state index >= 15 is 0 Å². The second-order valence-corrected chi connectivity index (χ2v) is 10.9. The first-order valence-electron chi connectivity index (χ1n) is 6.92. The first-order chi connectivity index (χ1) is 10.2. The van der Waals surface area contributed by atoms with Crippen LogP contribution in [0, 0.1) is 0 Å². The summed E-state index contributed by atoms with van der Waals surface area (Å²) in [6.45, 7) is 0.184. The molecule has 0 amide bonds. The standard InChI is InChI=1S/C12H19ClN2O4S3/c1-21(16,17)15(10-4-2-3-5-10)9-8-14-22(18,19)12-7-6-11(13)20-12/h6-7,10,14H,2-5,8-9H2,1H3. The molecule has 1 aromatic heterocycles. The smallest absolute Gasteiger partial charge is 0.212 e. The Morgan fingerprint density at radius 3 is 2.41 bits per heavy atom. The highest BCUT2D eigenvalue weighted by molar-refractivity contribution is 7.91. The van der Waals surface area contributed by atoms with Crippen molar-refractivity contribution in [1.82, 2.24) is 9.03 Å². The molecule has 0 unspecified atom stereocenters. The Balaban J connectivity index is 1.98. The molecule has 0 bridgehead atoms. The van der Waals surface area contributed by atoms with Crippen LogP contribution in [0.3, 0.4) is 0 Å². The van der Waals surface area contributed by atoms with Crippen LogP contribution in [0.2, 0.25) is 4.34 Å². The Morgan fingerprint density at radius 1 is 1.27 bits per heavy atom. The first-order valence-corrected chi connectivity index (χ1v) is 11.4. The summed E-state index contributed by atoms with van der Waals surface area (Å²) < 4.78 is 52.3. The molecule has 0 spiro atoms. The number of halogens is 1. The minimum absolute atomic E-state index is 0.0179. The molecule has 1 fully saturated rings. The third-order valence-corrected chi connectivity index (χ3v) is 8.11. The number of rotatable bonds is 7. The van der Waals surface area contributed by atoms with Gasteiger partial charge in [-0.25, -0.2) is 21.6 Å². The topological polar surface area (TPSA) is 83.6 Å². The van der Waals surface area contributed by atoms with Crippen LogP contribution in [-0.2, 0) is 20.0 Å². The van der Waals surface area contributed by atoms with Crippen LogP contribution in [0.15, 0.2) is 16.3 Å². The van der Waals surface area contributed by atoms with Crippen LogP contribution in [0.25, 0.3) is 0 Å². The van der Waals surface area contributed by atoms with Crippen LogP contribution in [-0.4, -0.2) is 46.5 Å². The van der Waals surface area contributed by atoms with E-state index in [1.807, 2.05) is 0 Å². The minimum atomic E-state index is -3.64. The Kier molecular flexibility index (Phi) is 5.89.